The molecule has 0 radical (unpaired) electrons. The van der Waals surface area contributed by atoms with Gasteiger partial charge in [-0.1, -0.05) is 48.5 Å². The maximum Gasteiger partial charge on any atom is 0.0459 e. The van der Waals surface area contributed by atoms with E-state index in [1.165, 1.54) is 27.7 Å². The van der Waals surface area contributed by atoms with Gasteiger partial charge in [-0.2, -0.15) is 0 Å². The second-order valence-electron chi connectivity index (χ2n) is 5.60. The van der Waals surface area contributed by atoms with Gasteiger partial charge < -0.3 is 10.3 Å². The predicted molar refractivity (Wildman–Crippen MR) is 82.8 cm³/mol. The van der Waals surface area contributed by atoms with E-state index in [4.69, 9.17) is 0 Å². The number of hydrogen-bond acceptors (Lipinski definition) is 1. The van der Waals surface area contributed by atoms with Crippen LogP contribution in [0.4, 0.5) is 0 Å². The van der Waals surface area contributed by atoms with Crippen LogP contribution in [0.25, 0.3) is 10.9 Å². The molecule has 2 heteroatoms. The van der Waals surface area contributed by atoms with Crippen molar-refractivity contribution in [2.75, 3.05) is 0 Å². The fourth-order valence-corrected chi connectivity index (χ4v) is 3.24. The molecule has 3 aromatic rings. The van der Waals surface area contributed by atoms with Gasteiger partial charge in [0.1, 0.15) is 0 Å². The van der Waals surface area contributed by atoms with Gasteiger partial charge in [0.25, 0.3) is 0 Å². The standard InChI is InChI=1S/C18H18N2/c1-2-6-13(7-3-1)10-14-11-18-16(12-19-14)15-8-4-5-9-17(15)20-18/h1-9,14,19-20H,10-12H2. The van der Waals surface area contributed by atoms with Crippen LogP contribution in [0.3, 0.4) is 0 Å². The minimum atomic E-state index is 0.526. The van der Waals surface area contributed by atoms with Gasteiger partial charge in [-0.15, -0.1) is 0 Å². The lowest BCUT2D eigenvalue weighted by Crippen LogP contribution is -2.37. The maximum absolute atomic E-state index is 3.68. The van der Waals surface area contributed by atoms with Crippen molar-refractivity contribution in [2.24, 2.45) is 0 Å². The molecule has 20 heavy (non-hydrogen) atoms. The van der Waals surface area contributed by atoms with E-state index >= 15 is 0 Å². The Hall–Kier alpha value is -2.06. The first kappa shape index (κ1) is 11.7. The van der Waals surface area contributed by atoms with E-state index in [9.17, 15) is 0 Å². The monoisotopic (exact) mass is 262 g/mol. The third-order valence-corrected chi connectivity index (χ3v) is 4.24. The van der Waals surface area contributed by atoms with E-state index in [0.29, 0.717) is 6.04 Å². The molecule has 1 unspecified atom stereocenters. The quantitative estimate of drug-likeness (QED) is 0.727. The molecular formula is C18H18N2. The van der Waals surface area contributed by atoms with Crippen LogP contribution >= 0.6 is 0 Å². The van der Waals surface area contributed by atoms with Crippen LogP contribution in [-0.2, 0) is 19.4 Å². The molecule has 2 N–H and O–H groups in total. The van der Waals surface area contributed by atoms with Gasteiger partial charge in [-0.3, -0.25) is 0 Å². The lowest BCUT2D eigenvalue weighted by molar-refractivity contribution is 0.475. The van der Waals surface area contributed by atoms with Crippen LogP contribution in [-0.4, -0.2) is 11.0 Å². The number of H-pyrrole nitrogens is 1. The summed E-state index contributed by atoms with van der Waals surface area (Å²) in [7, 11) is 0. The molecule has 0 amide bonds. The molecule has 0 fully saturated rings. The van der Waals surface area contributed by atoms with Crippen LogP contribution in [0.5, 0.6) is 0 Å². The van der Waals surface area contributed by atoms with Crippen LogP contribution in [0, 0.1) is 0 Å². The van der Waals surface area contributed by atoms with Crippen LogP contribution in [0.2, 0.25) is 0 Å². The number of aromatic nitrogens is 1. The molecule has 0 saturated carbocycles. The predicted octanol–water partition coefficient (Wildman–Crippen LogP) is 3.42. The van der Waals surface area contributed by atoms with E-state index in [2.05, 4.69) is 64.9 Å². The van der Waals surface area contributed by atoms with Gasteiger partial charge in [0.2, 0.25) is 0 Å². The van der Waals surface area contributed by atoms with Crippen molar-refractivity contribution < 1.29 is 0 Å². The van der Waals surface area contributed by atoms with Crippen molar-refractivity contribution in [1.29, 1.82) is 0 Å². The lowest BCUT2D eigenvalue weighted by Gasteiger charge is -2.24. The maximum atomic E-state index is 3.68. The summed E-state index contributed by atoms with van der Waals surface area (Å²) < 4.78 is 0. The number of aromatic amines is 1. The minimum Gasteiger partial charge on any atom is -0.358 e. The molecule has 0 bridgehead atoms. The summed E-state index contributed by atoms with van der Waals surface area (Å²) in [5.41, 5.74) is 5.53. The van der Waals surface area contributed by atoms with Crippen LogP contribution < -0.4 is 5.32 Å². The van der Waals surface area contributed by atoms with E-state index in [1.54, 1.807) is 0 Å². The minimum absolute atomic E-state index is 0.526. The van der Waals surface area contributed by atoms with Crippen molar-refractivity contribution in [1.82, 2.24) is 10.3 Å². The Morgan fingerprint density at radius 3 is 2.65 bits per heavy atom. The first-order valence-electron chi connectivity index (χ1n) is 7.26. The molecule has 2 aromatic carbocycles. The highest BCUT2D eigenvalue weighted by Gasteiger charge is 2.21. The summed E-state index contributed by atoms with van der Waals surface area (Å²) >= 11 is 0. The molecule has 0 aliphatic carbocycles. The zero-order valence-electron chi connectivity index (χ0n) is 11.4. The molecule has 2 heterocycles. The summed E-state index contributed by atoms with van der Waals surface area (Å²) in [5, 5.41) is 5.05. The Morgan fingerprint density at radius 2 is 1.75 bits per heavy atom. The summed E-state index contributed by atoms with van der Waals surface area (Å²) in [5.74, 6) is 0. The molecular weight excluding hydrogens is 244 g/mol. The van der Waals surface area contributed by atoms with Crippen molar-refractivity contribution in [2.45, 2.75) is 25.4 Å². The number of rotatable bonds is 2. The Bertz CT molecular complexity index is 728. The average molecular weight is 262 g/mol. The van der Waals surface area contributed by atoms with E-state index < -0.39 is 0 Å². The highest BCUT2D eigenvalue weighted by Crippen LogP contribution is 2.26. The summed E-state index contributed by atoms with van der Waals surface area (Å²) in [6, 6.07) is 19.9. The van der Waals surface area contributed by atoms with Gasteiger partial charge >= 0.3 is 0 Å². The van der Waals surface area contributed by atoms with Crippen LogP contribution in [0.1, 0.15) is 16.8 Å². The van der Waals surface area contributed by atoms with Crippen molar-refractivity contribution in [3.05, 3.63) is 71.4 Å². The van der Waals surface area contributed by atoms with Gasteiger partial charge in [0, 0.05) is 35.6 Å². The Balaban J connectivity index is 1.60. The topological polar surface area (TPSA) is 27.8 Å². The fourth-order valence-electron chi connectivity index (χ4n) is 3.24. The number of benzene rings is 2. The van der Waals surface area contributed by atoms with Gasteiger partial charge in [-0.05, 0) is 23.6 Å². The third kappa shape index (κ3) is 2.02. The van der Waals surface area contributed by atoms with Gasteiger partial charge in [0.05, 0.1) is 0 Å². The molecule has 1 aliphatic heterocycles. The van der Waals surface area contributed by atoms with Gasteiger partial charge in [0.15, 0.2) is 0 Å². The highest BCUT2D eigenvalue weighted by atomic mass is 14.9. The summed E-state index contributed by atoms with van der Waals surface area (Å²) in [4.78, 5) is 3.59. The average Bonchev–Trinajstić information content (AvgIpc) is 2.86. The molecule has 100 valence electrons. The molecule has 1 aromatic heterocycles. The van der Waals surface area contributed by atoms with Crippen molar-refractivity contribution >= 4 is 10.9 Å². The zero-order valence-corrected chi connectivity index (χ0v) is 11.4. The molecule has 0 spiro atoms. The number of fused-ring (bicyclic) bond motifs is 3. The van der Waals surface area contributed by atoms with Crippen molar-refractivity contribution in [3.63, 3.8) is 0 Å². The SMILES string of the molecule is c1ccc(CC2Cc3[nH]c4ccccc4c3CN2)cc1. The largest absolute Gasteiger partial charge is 0.358 e. The smallest absolute Gasteiger partial charge is 0.0459 e. The molecule has 1 atom stereocenters. The van der Waals surface area contributed by atoms with E-state index in [-0.39, 0.29) is 0 Å². The normalized spacial score (nSPS) is 18.1. The van der Waals surface area contributed by atoms with Crippen molar-refractivity contribution in [3.8, 4) is 0 Å². The third-order valence-electron chi connectivity index (χ3n) is 4.24. The molecule has 2 nitrogen and oxygen atoms in total. The number of hydrogen-bond donors (Lipinski definition) is 2. The lowest BCUT2D eigenvalue weighted by atomic mass is 9.96. The Labute approximate surface area is 118 Å². The fraction of sp³-hybridized carbons (Fsp3) is 0.222. The Morgan fingerprint density at radius 1 is 0.950 bits per heavy atom. The van der Waals surface area contributed by atoms with Gasteiger partial charge in [-0.25, -0.2) is 0 Å². The zero-order chi connectivity index (χ0) is 13.4. The summed E-state index contributed by atoms with van der Waals surface area (Å²) in [6.07, 6.45) is 2.18. The van der Waals surface area contributed by atoms with E-state index in [1.807, 2.05) is 0 Å². The van der Waals surface area contributed by atoms with Crippen LogP contribution in [0.15, 0.2) is 54.6 Å². The first-order chi connectivity index (χ1) is 9.90. The second-order valence-corrected chi connectivity index (χ2v) is 5.60. The molecule has 1 aliphatic rings. The Kier molecular flexibility index (Phi) is 2.82. The molecule has 4 rings (SSSR count). The van der Waals surface area contributed by atoms with E-state index in [0.717, 1.165) is 19.4 Å². The summed E-state index contributed by atoms with van der Waals surface area (Å²) in [6.45, 7) is 0.969. The first-order valence-corrected chi connectivity index (χ1v) is 7.26. The molecule has 0 saturated heterocycles. The highest BCUT2D eigenvalue weighted by molar-refractivity contribution is 5.84. The number of para-hydroxylation sites is 1. The number of nitrogens with one attached hydrogen (secondary N) is 2. The second kappa shape index (κ2) is 4.80.